The summed E-state index contributed by atoms with van der Waals surface area (Å²) in [6.07, 6.45) is 4.22. The van der Waals surface area contributed by atoms with Crippen molar-refractivity contribution < 1.29 is 9.53 Å². The molecule has 2 heterocycles. The minimum atomic E-state index is -0.324. The number of ether oxygens (including phenoxy) is 1. The van der Waals surface area contributed by atoms with Crippen molar-refractivity contribution in [2.24, 2.45) is 5.41 Å². The lowest BCUT2D eigenvalue weighted by Gasteiger charge is -2.42. The van der Waals surface area contributed by atoms with Crippen molar-refractivity contribution in [2.75, 3.05) is 19.7 Å². The third-order valence-corrected chi connectivity index (χ3v) is 5.31. The van der Waals surface area contributed by atoms with Crippen molar-refractivity contribution in [3.63, 3.8) is 0 Å². The topological polar surface area (TPSA) is 41.6 Å². The fourth-order valence-corrected chi connectivity index (χ4v) is 3.89. The quantitative estimate of drug-likeness (QED) is 0.924. The van der Waals surface area contributed by atoms with Crippen LogP contribution in [0.25, 0.3) is 0 Å². The van der Waals surface area contributed by atoms with Gasteiger partial charge in [-0.1, -0.05) is 30.3 Å². The Morgan fingerprint density at radius 2 is 2.09 bits per heavy atom. The van der Waals surface area contributed by atoms with Gasteiger partial charge in [0.1, 0.15) is 0 Å². The number of rotatable bonds is 4. The first-order chi connectivity index (χ1) is 10.8. The molecule has 2 atom stereocenters. The van der Waals surface area contributed by atoms with Gasteiger partial charge in [-0.05, 0) is 31.2 Å². The molecule has 1 saturated carbocycles. The molecule has 2 saturated heterocycles. The first kappa shape index (κ1) is 14.2. The molecule has 1 aliphatic carbocycles. The zero-order chi connectivity index (χ0) is 15.0. The SMILES string of the molecule is O=C(NC1CC1)[C@@]12CCO[C@@H]1CCN(Cc1ccccc1)C2. The molecule has 1 aromatic rings. The maximum Gasteiger partial charge on any atom is 0.230 e. The average Bonchev–Trinajstić information content (AvgIpc) is 3.24. The van der Waals surface area contributed by atoms with Gasteiger partial charge in [0.15, 0.2) is 0 Å². The second-order valence-corrected chi connectivity index (χ2v) is 7.00. The number of carbonyl (C=O) groups excluding carboxylic acids is 1. The van der Waals surface area contributed by atoms with Gasteiger partial charge in [0.2, 0.25) is 5.91 Å². The molecule has 118 valence electrons. The molecule has 22 heavy (non-hydrogen) atoms. The van der Waals surface area contributed by atoms with Crippen LogP contribution in [-0.4, -0.2) is 42.6 Å². The Hall–Kier alpha value is -1.39. The summed E-state index contributed by atoms with van der Waals surface area (Å²) in [5.74, 6) is 0.232. The number of nitrogens with zero attached hydrogens (tertiary/aromatic N) is 1. The van der Waals surface area contributed by atoms with E-state index in [2.05, 4.69) is 34.5 Å². The molecule has 3 aliphatic rings. The lowest BCUT2D eigenvalue weighted by atomic mass is 9.75. The van der Waals surface area contributed by atoms with Gasteiger partial charge in [0.25, 0.3) is 0 Å². The number of nitrogens with one attached hydrogen (secondary N) is 1. The summed E-state index contributed by atoms with van der Waals surface area (Å²) in [4.78, 5) is 15.3. The van der Waals surface area contributed by atoms with E-state index in [0.29, 0.717) is 6.04 Å². The molecule has 1 amide bonds. The van der Waals surface area contributed by atoms with Crippen LogP contribution in [-0.2, 0) is 16.1 Å². The van der Waals surface area contributed by atoms with E-state index in [-0.39, 0.29) is 17.4 Å². The molecular weight excluding hydrogens is 276 g/mol. The maximum atomic E-state index is 12.8. The summed E-state index contributed by atoms with van der Waals surface area (Å²) >= 11 is 0. The van der Waals surface area contributed by atoms with Crippen LogP contribution >= 0.6 is 0 Å². The van der Waals surface area contributed by atoms with Crippen LogP contribution in [0.4, 0.5) is 0 Å². The summed E-state index contributed by atoms with van der Waals surface area (Å²) in [5, 5.41) is 3.22. The van der Waals surface area contributed by atoms with Crippen LogP contribution in [0.2, 0.25) is 0 Å². The Balaban J connectivity index is 1.49. The molecule has 4 rings (SSSR count). The van der Waals surface area contributed by atoms with Gasteiger partial charge in [0.05, 0.1) is 11.5 Å². The van der Waals surface area contributed by atoms with E-state index in [1.165, 1.54) is 5.56 Å². The van der Waals surface area contributed by atoms with Gasteiger partial charge < -0.3 is 10.1 Å². The fourth-order valence-electron chi connectivity index (χ4n) is 3.89. The van der Waals surface area contributed by atoms with Crippen LogP contribution in [0.1, 0.15) is 31.2 Å². The molecule has 4 nitrogen and oxygen atoms in total. The lowest BCUT2D eigenvalue weighted by Crippen LogP contribution is -2.57. The predicted octanol–water partition coefficient (Wildman–Crippen LogP) is 1.95. The van der Waals surface area contributed by atoms with Crippen molar-refractivity contribution in [1.82, 2.24) is 10.2 Å². The minimum absolute atomic E-state index is 0.110. The summed E-state index contributed by atoms with van der Waals surface area (Å²) in [6, 6.07) is 11.0. The number of piperidine rings is 1. The number of benzene rings is 1. The third kappa shape index (κ3) is 2.66. The number of likely N-dealkylation sites (tertiary alicyclic amines) is 1. The van der Waals surface area contributed by atoms with E-state index >= 15 is 0 Å². The second-order valence-electron chi connectivity index (χ2n) is 7.00. The van der Waals surface area contributed by atoms with E-state index in [0.717, 1.165) is 51.9 Å². The van der Waals surface area contributed by atoms with Crippen molar-refractivity contribution >= 4 is 5.91 Å². The Bertz CT molecular complexity index is 543. The highest BCUT2D eigenvalue weighted by Crippen LogP contribution is 2.42. The van der Waals surface area contributed by atoms with E-state index in [1.54, 1.807) is 0 Å². The highest BCUT2D eigenvalue weighted by atomic mass is 16.5. The van der Waals surface area contributed by atoms with Crippen LogP contribution in [0.3, 0.4) is 0 Å². The number of hydrogen-bond donors (Lipinski definition) is 1. The summed E-state index contributed by atoms with van der Waals surface area (Å²) in [7, 11) is 0. The third-order valence-electron chi connectivity index (χ3n) is 5.31. The number of fused-ring (bicyclic) bond motifs is 1. The summed E-state index contributed by atoms with van der Waals surface area (Å²) in [6.45, 7) is 3.48. The predicted molar refractivity (Wildman–Crippen MR) is 84.3 cm³/mol. The van der Waals surface area contributed by atoms with Crippen molar-refractivity contribution in [3.05, 3.63) is 35.9 Å². The van der Waals surface area contributed by atoms with Gasteiger partial charge in [-0.3, -0.25) is 9.69 Å². The Morgan fingerprint density at radius 3 is 2.86 bits per heavy atom. The van der Waals surface area contributed by atoms with Crippen molar-refractivity contribution in [1.29, 1.82) is 0 Å². The standard InChI is InChI=1S/C18H24N2O2/c21-17(19-15-6-7-15)18-9-11-22-16(18)8-10-20(13-18)12-14-4-2-1-3-5-14/h1-5,15-16H,6-13H2,(H,19,21)/t16-,18-/m1/s1. The molecule has 0 bridgehead atoms. The molecule has 0 spiro atoms. The molecular formula is C18H24N2O2. The van der Waals surface area contributed by atoms with Gasteiger partial charge in [0, 0.05) is 32.3 Å². The van der Waals surface area contributed by atoms with Gasteiger partial charge >= 0.3 is 0 Å². The Kier molecular flexibility index (Phi) is 3.66. The van der Waals surface area contributed by atoms with E-state index in [1.807, 2.05) is 6.07 Å². The van der Waals surface area contributed by atoms with Crippen molar-refractivity contribution in [3.8, 4) is 0 Å². The van der Waals surface area contributed by atoms with Crippen LogP contribution in [0.5, 0.6) is 0 Å². The zero-order valence-electron chi connectivity index (χ0n) is 13.0. The Morgan fingerprint density at radius 1 is 1.27 bits per heavy atom. The van der Waals surface area contributed by atoms with E-state index < -0.39 is 0 Å². The van der Waals surface area contributed by atoms with Gasteiger partial charge in [-0.2, -0.15) is 0 Å². The summed E-state index contributed by atoms with van der Waals surface area (Å²) < 4.78 is 5.89. The maximum absolute atomic E-state index is 12.8. The highest BCUT2D eigenvalue weighted by Gasteiger charge is 2.53. The minimum Gasteiger partial charge on any atom is -0.377 e. The van der Waals surface area contributed by atoms with Gasteiger partial charge in [-0.25, -0.2) is 0 Å². The van der Waals surface area contributed by atoms with Crippen LogP contribution in [0, 0.1) is 5.41 Å². The Labute approximate surface area is 131 Å². The monoisotopic (exact) mass is 300 g/mol. The van der Waals surface area contributed by atoms with Crippen LogP contribution in [0.15, 0.2) is 30.3 Å². The average molecular weight is 300 g/mol. The lowest BCUT2D eigenvalue weighted by molar-refractivity contribution is -0.139. The van der Waals surface area contributed by atoms with Crippen LogP contribution < -0.4 is 5.32 Å². The number of hydrogen-bond acceptors (Lipinski definition) is 3. The smallest absolute Gasteiger partial charge is 0.230 e. The molecule has 1 N–H and O–H groups in total. The molecule has 0 aromatic heterocycles. The normalized spacial score (nSPS) is 31.7. The first-order valence-electron chi connectivity index (χ1n) is 8.45. The molecule has 1 aromatic carbocycles. The summed E-state index contributed by atoms with van der Waals surface area (Å²) in [5.41, 5.74) is 0.993. The molecule has 3 fully saturated rings. The second kappa shape index (κ2) is 5.67. The van der Waals surface area contributed by atoms with Crippen molar-refractivity contribution in [2.45, 2.75) is 44.4 Å². The van der Waals surface area contributed by atoms with E-state index in [9.17, 15) is 4.79 Å². The largest absolute Gasteiger partial charge is 0.377 e. The highest BCUT2D eigenvalue weighted by molar-refractivity contribution is 5.84. The van der Waals surface area contributed by atoms with Gasteiger partial charge in [-0.15, -0.1) is 0 Å². The zero-order valence-corrected chi connectivity index (χ0v) is 13.0. The first-order valence-corrected chi connectivity index (χ1v) is 8.45. The fraction of sp³-hybridized carbons (Fsp3) is 0.611. The number of amides is 1. The molecule has 2 aliphatic heterocycles. The molecule has 0 unspecified atom stereocenters. The molecule has 4 heteroatoms. The molecule has 0 radical (unpaired) electrons. The number of carbonyl (C=O) groups is 1. The van der Waals surface area contributed by atoms with E-state index in [4.69, 9.17) is 4.74 Å².